The van der Waals surface area contributed by atoms with Crippen LogP contribution in [0.25, 0.3) is 0 Å². The molecule has 0 aromatic rings. The van der Waals surface area contributed by atoms with Crippen LogP contribution in [0, 0.1) is 17.3 Å². The SMILES string of the molecule is C[C@@]12CC[C@H](C[C@@H]1O)[C@@H]2C(=O)O. The summed E-state index contributed by atoms with van der Waals surface area (Å²) in [5.41, 5.74) is -0.337. The molecule has 2 rings (SSSR count). The molecule has 0 unspecified atom stereocenters. The topological polar surface area (TPSA) is 57.5 Å². The Morgan fingerprint density at radius 1 is 1.58 bits per heavy atom. The lowest BCUT2D eigenvalue weighted by Gasteiger charge is -2.28. The first-order valence-corrected chi connectivity index (χ1v) is 4.46. The summed E-state index contributed by atoms with van der Waals surface area (Å²) in [4.78, 5) is 10.9. The summed E-state index contributed by atoms with van der Waals surface area (Å²) < 4.78 is 0. The van der Waals surface area contributed by atoms with Gasteiger partial charge in [-0.3, -0.25) is 4.79 Å². The van der Waals surface area contributed by atoms with E-state index in [9.17, 15) is 9.90 Å². The Hall–Kier alpha value is -0.570. The Bertz CT molecular complexity index is 226. The first kappa shape index (κ1) is 8.05. The molecule has 0 aromatic heterocycles. The highest BCUT2D eigenvalue weighted by Gasteiger charge is 2.59. The minimum atomic E-state index is -0.725. The van der Waals surface area contributed by atoms with Crippen LogP contribution in [-0.4, -0.2) is 22.3 Å². The van der Waals surface area contributed by atoms with Crippen molar-refractivity contribution in [2.45, 2.75) is 32.3 Å². The molecule has 0 spiro atoms. The number of carbonyl (C=O) groups is 1. The van der Waals surface area contributed by atoms with E-state index in [4.69, 9.17) is 5.11 Å². The summed E-state index contributed by atoms with van der Waals surface area (Å²) in [6.45, 7) is 1.91. The minimum Gasteiger partial charge on any atom is -0.481 e. The molecule has 2 saturated carbocycles. The lowest BCUT2D eigenvalue weighted by molar-refractivity contribution is -0.146. The highest BCUT2D eigenvalue weighted by atomic mass is 16.4. The van der Waals surface area contributed by atoms with Crippen molar-refractivity contribution in [2.24, 2.45) is 17.3 Å². The molecule has 2 bridgehead atoms. The number of aliphatic carboxylic acids is 1. The molecular formula is C9H14O3. The van der Waals surface area contributed by atoms with Gasteiger partial charge in [0, 0.05) is 5.41 Å². The van der Waals surface area contributed by atoms with E-state index >= 15 is 0 Å². The van der Waals surface area contributed by atoms with Gasteiger partial charge in [-0.25, -0.2) is 0 Å². The normalized spacial score (nSPS) is 51.3. The summed E-state index contributed by atoms with van der Waals surface area (Å²) >= 11 is 0. The summed E-state index contributed by atoms with van der Waals surface area (Å²) in [6.07, 6.45) is 2.14. The number of aliphatic hydroxyl groups is 1. The van der Waals surface area contributed by atoms with Gasteiger partial charge in [-0.1, -0.05) is 6.92 Å². The van der Waals surface area contributed by atoms with Crippen LogP contribution in [0.1, 0.15) is 26.2 Å². The van der Waals surface area contributed by atoms with Crippen LogP contribution in [-0.2, 0) is 4.79 Å². The third-order valence-electron chi connectivity index (χ3n) is 3.79. The van der Waals surface area contributed by atoms with Gasteiger partial charge in [0.1, 0.15) is 0 Å². The number of aliphatic hydroxyl groups excluding tert-OH is 1. The molecule has 2 aliphatic rings. The molecule has 0 radical (unpaired) electrons. The van der Waals surface area contributed by atoms with Gasteiger partial charge in [0.2, 0.25) is 0 Å². The molecule has 4 atom stereocenters. The first-order valence-electron chi connectivity index (χ1n) is 4.46. The molecule has 2 fully saturated rings. The second kappa shape index (κ2) is 2.22. The Kier molecular flexibility index (Phi) is 1.49. The summed E-state index contributed by atoms with van der Waals surface area (Å²) in [5.74, 6) is -0.799. The van der Waals surface area contributed by atoms with Gasteiger partial charge in [0.15, 0.2) is 0 Å². The molecule has 3 heteroatoms. The maximum absolute atomic E-state index is 10.9. The maximum Gasteiger partial charge on any atom is 0.307 e. The van der Waals surface area contributed by atoms with Crippen LogP contribution >= 0.6 is 0 Å². The van der Waals surface area contributed by atoms with Crippen molar-refractivity contribution in [1.29, 1.82) is 0 Å². The lowest BCUT2D eigenvalue weighted by atomic mass is 9.79. The standard InChI is InChI=1S/C9H14O3/c1-9-3-2-5(4-6(9)10)7(9)8(11)12/h5-7,10H,2-4H2,1H3,(H,11,12)/t5-,6+,7-,9-/m1/s1. The zero-order valence-electron chi connectivity index (χ0n) is 7.16. The molecule has 0 heterocycles. The van der Waals surface area contributed by atoms with Crippen molar-refractivity contribution in [3.05, 3.63) is 0 Å². The molecule has 68 valence electrons. The second-order valence-corrected chi connectivity index (χ2v) is 4.37. The molecule has 0 aliphatic heterocycles. The zero-order valence-corrected chi connectivity index (χ0v) is 7.16. The van der Waals surface area contributed by atoms with Gasteiger partial charge >= 0.3 is 5.97 Å². The van der Waals surface area contributed by atoms with Crippen molar-refractivity contribution < 1.29 is 15.0 Å². The van der Waals surface area contributed by atoms with E-state index in [1.807, 2.05) is 6.92 Å². The van der Waals surface area contributed by atoms with E-state index in [-0.39, 0.29) is 17.3 Å². The molecule has 2 N–H and O–H groups in total. The number of rotatable bonds is 1. The second-order valence-electron chi connectivity index (χ2n) is 4.37. The Morgan fingerprint density at radius 2 is 2.25 bits per heavy atom. The Labute approximate surface area is 71.4 Å². The molecular weight excluding hydrogens is 156 g/mol. The monoisotopic (exact) mass is 170 g/mol. The Morgan fingerprint density at radius 3 is 2.50 bits per heavy atom. The number of fused-ring (bicyclic) bond motifs is 2. The third kappa shape index (κ3) is 0.774. The van der Waals surface area contributed by atoms with E-state index in [0.29, 0.717) is 6.42 Å². The summed E-state index contributed by atoms with van der Waals surface area (Å²) in [5, 5.41) is 18.6. The molecule has 0 amide bonds. The number of carboxylic acids is 1. The summed E-state index contributed by atoms with van der Waals surface area (Å²) in [6, 6.07) is 0. The third-order valence-corrected chi connectivity index (χ3v) is 3.79. The van der Waals surface area contributed by atoms with Crippen LogP contribution in [0.2, 0.25) is 0 Å². The van der Waals surface area contributed by atoms with Crippen LogP contribution < -0.4 is 0 Å². The van der Waals surface area contributed by atoms with Gasteiger partial charge in [-0.05, 0) is 25.2 Å². The van der Waals surface area contributed by atoms with Crippen LogP contribution in [0.15, 0.2) is 0 Å². The van der Waals surface area contributed by atoms with Crippen LogP contribution in [0.5, 0.6) is 0 Å². The van der Waals surface area contributed by atoms with Gasteiger partial charge in [0.25, 0.3) is 0 Å². The van der Waals surface area contributed by atoms with Crippen molar-refractivity contribution in [2.75, 3.05) is 0 Å². The van der Waals surface area contributed by atoms with E-state index in [1.54, 1.807) is 0 Å². The van der Waals surface area contributed by atoms with Crippen LogP contribution in [0.4, 0.5) is 0 Å². The predicted octanol–water partition coefficient (Wildman–Crippen LogP) is 0.868. The fraction of sp³-hybridized carbons (Fsp3) is 0.889. The zero-order chi connectivity index (χ0) is 8.93. The van der Waals surface area contributed by atoms with E-state index in [2.05, 4.69) is 0 Å². The maximum atomic E-state index is 10.9. The van der Waals surface area contributed by atoms with E-state index < -0.39 is 12.1 Å². The van der Waals surface area contributed by atoms with Crippen molar-refractivity contribution in [3.8, 4) is 0 Å². The fourth-order valence-electron chi connectivity index (χ4n) is 3.02. The van der Waals surface area contributed by atoms with Gasteiger partial charge < -0.3 is 10.2 Å². The lowest BCUT2D eigenvalue weighted by Crippen LogP contribution is -2.34. The van der Waals surface area contributed by atoms with Gasteiger partial charge in [0.05, 0.1) is 12.0 Å². The summed E-state index contributed by atoms with van der Waals surface area (Å²) in [7, 11) is 0. The first-order chi connectivity index (χ1) is 5.55. The molecule has 0 saturated heterocycles. The largest absolute Gasteiger partial charge is 0.481 e. The minimum absolute atomic E-state index is 0.225. The highest BCUT2D eigenvalue weighted by Crippen LogP contribution is 2.58. The van der Waals surface area contributed by atoms with E-state index in [0.717, 1.165) is 12.8 Å². The number of hydrogen-bond donors (Lipinski definition) is 2. The molecule has 2 aliphatic carbocycles. The molecule has 12 heavy (non-hydrogen) atoms. The van der Waals surface area contributed by atoms with Crippen molar-refractivity contribution in [3.63, 3.8) is 0 Å². The average Bonchev–Trinajstić information content (AvgIpc) is 2.38. The highest BCUT2D eigenvalue weighted by molar-refractivity contribution is 5.72. The fourth-order valence-corrected chi connectivity index (χ4v) is 3.02. The average molecular weight is 170 g/mol. The quantitative estimate of drug-likeness (QED) is 0.614. The molecule has 0 aromatic carbocycles. The smallest absolute Gasteiger partial charge is 0.307 e. The number of carboxylic acid groups (broad SMARTS) is 1. The van der Waals surface area contributed by atoms with Crippen LogP contribution in [0.3, 0.4) is 0 Å². The van der Waals surface area contributed by atoms with Crippen molar-refractivity contribution >= 4 is 5.97 Å². The van der Waals surface area contributed by atoms with Gasteiger partial charge in [-0.15, -0.1) is 0 Å². The van der Waals surface area contributed by atoms with E-state index in [1.165, 1.54) is 0 Å². The van der Waals surface area contributed by atoms with Gasteiger partial charge in [-0.2, -0.15) is 0 Å². The number of hydrogen-bond acceptors (Lipinski definition) is 2. The molecule has 3 nitrogen and oxygen atoms in total. The Balaban J connectivity index is 2.32. The van der Waals surface area contributed by atoms with Crippen molar-refractivity contribution in [1.82, 2.24) is 0 Å². The predicted molar refractivity (Wildman–Crippen MR) is 42.6 cm³/mol.